The normalized spacial score (nSPS) is 17.4. The molecule has 118 valence electrons. The summed E-state index contributed by atoms with van der Waals surface area (Å²) in [7, 11) is 2.18. The van der Waals surface area contributed by atoms with Gasteiger partial charge in [0, 0.05) is 5.69 Å². The van der Waals surface area contributed by atoms with Crippen molar-refractivity contribution in [1.82, 2.24) is 0 Å². The lowest BCUT2D eigenvalue weighted by atomic mass is 10.0. The minimum absolute atomic E-state index is 0.0697. The maximum atomic E-state index is 12.5. The molecular weight excluding hydrogens is 274 g/mol. The van der Waals surface area contributed by atoms with Crippen molar-refractivity contribution in [3.05, 3.63) is 28.8 Å². The van der Waals surface area contributed by atoms with Crippen LogP contribution in [0.3, 0.4) is 0 Å². The molecule has 22 heavy (non-hydrogen) atoms. The number of likely N-dealkylation sites (tertiary alicyclic amines) is 1. The first-order valence-electron chi connectivity index (χ1n) is 8.08. The molecule has 1 aliphatic rings. The van der Waals surface area contributed by atoms with Crippen molar-refractivity contribution in [1.29, 1.82) is 5.26 Å². The van der Waals surface area contributed by atoms with Crippen LogP contribution in [-0.4, -0.2) is 37.1 Å². The van der Waals surface area contributed by atoms with E-state index >= 15 is 0 Å². The third-order valence-electron chi connectivity index (χ3n) is 4.60. The van der Waals surface area contributed by atoms with Crippen molar-refractivity contribution >= 4 is 11.6 Å². The van der Waals surface area contributed by atoms with Crippen LogP contribution < -0.4 is 5.32 Å². The second kappa shape index (κ2) is 6.93. The van der Waals surface area contributed by atoms with E-state index in [1.165, 1.54) is 25.7 Å². The Labute approximate surface area is 133 Å². The topological polar surface area (TPSA) is 52.9 Å². The molecule has 0 aromatic heterocycles. The molecule has 0 unspecified atom stereocenters. The first-order valence-corrected chi connectivity index (χ1v) is 8.08. The summed E-state index contributed by atoms with van der Waals surface area (Å²) in [4.78, 5) is 12.5. The smallest absolute Gasteiger partial charge is 0.279 e. The number of carbonyl (C=O) groups is 1. The molecule has 0 radical (unpaired) electrons. The Morgan fingerprint density at radius 1 is 1.18 bits per heavy atom. The number of nitrogens with one attached hydrogen (secondary N) is 1. The number of hydrogen-bond donors (Lipinski definition) is 1. The van der Waals surface area contributed by atoms with Crippen LogP contribution in [0.1, 0.15) is 42.4 Å². The van der Waals surface area contributed by atoms with Gasteiger partial charge in [0.15, 0.2) is 6.54 Å². The number of carbonyl (C=O) groups excluding carboxylic acids is 1. The predicted octanol–water partition coefficient (Wildman–Crippen LogP) is 3.13. The van der Waals surface area contributed by atoms with E-state index in [9.17, 15) is 4.79 Å². The van der Waals surface area contributed by atoms with Gasteiger partial charge in [0.05, 0.1) is 31.8 Å². The number of hydrogen-bond acceptors (Lipinski definition) is 2. The minimum Gasteiger partial charge on any atom is -0.321 e. The molecule has 1 fully saturated rings. The Morgan fingerprint density at radius 2 is 1.73 bits per heavy atom. The molecule has 0 bridgehead atoms. The van der Waals surface area contributed by atoms with Crippen LogP contribution in [0.25, 0.3) is 0 Å². The average Bonchev–Trinajstić information content (AvgIpc) is 2.67. The molecule has 0 saturated carbocycles. The Kier molecular flexibility index (Phi) is 5.20. The average molecular weight is 300 g/mol. The van der Waals surface area contributed by atoms with Gasteiger partial charge >= 0.3 is 0 Å². The molecule has 4 nitrogen and oxygen atoms in total. The molecule has 1 aliphatic heterocycles. The highest BCUT2D eigenvalue weighted by atomic mass is 16.2. The zero-order valence-electron chi connectivity index (χ0n) is 13.9. The van der Waals surface area contributed by atoms with E-state index in [0.717, 1.165) is 34.4 Å². The molecule has 0 aliphatic carbocycles. The SMILES string of the molecule is Cc1cc(C#N)cc(C)c1NC(=O)C[N+]1(C)CCCCCC1. The standard InChI is InChI=1S/C18H25N3O/c1-14-10-16(12-19)11-15(2)18(14)20-17(22)13-21(3)8-6-4-5-7-9-21/h10-11H,4-9,13H2,1-3H3/p+1. The number of likely N-dealkylation sites (N-methyl/N-ethyl adjacent to an activating group) is 1. The first kappa shape index (κ1) is 16.5. The Balaban J connectivity index is 2.07. The third-order valence-corrected chi connectivity index (χ3v) is 4.60. The van der Waals surface area contributed by atoms with Crippen molar-refractivity contribution in [2.24, 2.45) is 0 Å². The number of anilines is 1. The van der Waals surface area contributed by atoms with E-state index < -0.39 is 0 Å². The highest BCUT2D eigenvalue weighted by molar-refractivity contribution is 5.93. The molecule has 1 N–H and O–H groups in total. The molecule has 0 spiro atoms. The molecule has 1 heterocycles. The van der Waals surface area contributed by atoms with Gasteiger partial charge in [-0.25, -0.2) is 0 Å². The van der Waals surface area contributed by atoms with Crippen LogP contribution in [0.15, 0.2) is 12.1 Å². The number of nitrogens with zero attached hydrogens (tertiary/aromatic N) is 2. The number of quaternary nitrogens is 1. The van der Waals surface area contributed by atoms with Gasteiger partial charge in [-0.3, -0.25) is 4.79 Å². The zero-order valence-corrected chi connectivity index (χ0v) is 13.9. The summed E-state index contributed by atoms with van der Waals surface area (Å²) in [6.07, 6.45) is 4.98. The van der Waals surface area contributed by atoms with Crippen molar-refractivity contribution in [3.63, 3.8) is 0 Å². The van der Waals surface area contributed by atoms with Crippen molar-refractivity contribution in [2.75, 3.05) is 32.0 Å². The summed E-state index contributed by atoms with van der Waals surface area (Å²) in [5.41, 5.74) is 3.39. The summed E-state index contributed by atoms with van der Waals surface area (Å²) in [6.45, 7) is 6.56. The Morgan fingerprint density at radius 3 is 2.23 bits per heavy atom. The second-order valence-corrected chi connectivity index (χ2v) is 6.78. The van der Waals surface area contributed by atoms with Crippen LogP contribution >= 0.6 is 0 Å². The quantitative estimate of drug-likeness (QED) is 0.872. The van der Waals surface area contributed by atoms with E-state index in [1.54, 1.807) is 0 Å². The van der Waals surface area contributed by atoms with E-state index in [0.29, 0.717) is 12.1 Å². The molecule has 4 heteroatoms. The summed E-state index contributed by atoms with van der Waals surface area (Å²) >= 11 is 0. The fourth-order valence-electron chi connectivity index (χ4n) is 3.36. The molecular formula is C18H26N3O+. The lowest BCUT2D eigenvalue weighted by Gasteiger charge is -2.32. The van der Waals surface area contributed by atoms with Gasteiger partial charge in [0.2, 0.25) is 0 Å². The van der Waals surface area contributed by atoms with Gasteiger partial charge in [-0.05, 0) is 62.8 Å². The summed E-state index contributed by atoms with van der Waals surface area (Å²) in [6, 6.07) is 5.80. The van der Waals surface area contributed by atoms with E-state index in [4.69, 9.17) is 5.26 Å². The Bertz CT molecular complexity index is 570. The van der Waals surface area contributed by atoms with Crippen LogP contribution in [-0.2, 0) is 4.79 Å². The molecule has 1 amide bonds. The van der Waals surface area contributed by atoms with Crippen molar-refractivity contribution in [3.8, 4) is 6.07 Å². The number of aryl methyl sites for hydroxylation is 2. The van der Waals surface area contributed by atoms with Crippen LogP contribution in [0.4, 0.5) is 5.69 Å². The van der Waals surface area contributed by atoms with E-state index in [1.807, 2.05) is 26.0 Å². The zero-order chi connectivity index (χ0) is 16.2. The van der Waals surface area contributed by atoms with Gasteiger partial charge in [0.1, 0.15) is 0 Å². The van der Waals surface area contributed by atoms with Crippen LogP contribution in [0, 0.1) is 25.2 Å². The highest BCUT2D eigenvalue weighted by Gasteiger charge is 2.26. The van der Waals surface area contributed by atoms with Gasteiger partial charge < -0.3 is 9.80 Å². The van der Waals surface area contributed by atoms with Gasteiger partial charge in [-0.15, -0.1) is 0 Å². The first-order chi connectivity index (χ1) is 10.4. The number of amides is 1. The maximum absolute atomic E-state index is 12.5. The molecule has 1 aromatic rings. The third kappa shape index (κ3) is 4.08. The van der Waals surface area contributed by atoms with Crippen LogP contribution in [0.2, 0.25) is 0 Å². The highest BCUT2D eigenvalue weighted by Crippen LogP contribution is 2.22. The minimum atomic E-state index is 0.0697. The fourth-order valence-corrected chi connectivity index (χ4v) is 3.36. The lowest BCUT2D eigenvalue weighted by Crippen LogP contribution is -2.49. The van der Waals surface area contributed by atoms with Crippen LogP contribution in [0.5, 0.6) is 0 Å². The largest absolute Gasteiger partial charge is 0.321 e. The summed E-state index contributed by atoms with van der Waals surface area (Å²) < 4.78 is 0.834. The van der Waals surface area contributed by atoms with E-state index in [2.05, 4.69) is 18.4 Å². The van der Waals surface area contributed by atoms with Crippen molar-refractivity contribution < 1.29 is 9.28 Å². The molecule has 0 atom stereocenters. The molecule has 2 rings (SSSR count). The predicted molar refractivity (Wildman–Crippen MR) is 88.5 cm³/mol. The molecule has 1 aromatic carbocycles. The Hall–Kier alpha value is -1.86. The number of nitriles is 1. The summed E-state index contributed by atoms with van der Waals surface area (Å²) in [5, 5.41) is 12.1. The van der Waals surface area contributed by atoms with E-state index in [-0.39, 0.29) is 5.91 Å². The fraction of sp³-hybridized carbons (Fsp3) is 0.556. The van der Waals surface area contributed by atoms with Gasteiger partial charge in [-0.1, -0.05) is 0 Å². The number of benzene rings is 1. The number of rotatable bonds is 3. The van der Waals surface area contributed by atoms with Gasteiger partial charge in [0.25, 0.3) is 5.91 Å². The summed E-state index contributed by atoms with van der Waals surface area (Å²) in [5.74, 6) is 0.0697. The lowest BCUT2D eigenvalue weighted by molar-refractivity contribution is -0.901. The monoisotopic (exact) mass is 300 g/mol. The molecule has 1 saturated heterocycles. The van der Waals surface area contributed by atoms with Crippen molar-refractivity contribution in [2.45, 2.75) is 39.5 Å². The maximum Gasteiger partial charge on any atom is 0.279 e. The second-order valence-electron chi connectivity index (χ2n) is 6.78. The van der Waals surface area contributed by atoms with Gasteiger partial charge in [-0.2, -0.15) is 5.26 Å².